The SMILES string of the molecule is NOCC1(c2cccc(Cl)c2)CC1. The molecular weight excluding hydrogens is 186 g/mol. The number of halogens is 1. The predicted octanol–water partition coefficient (Wildman–Crippen LogP) is 2.26. The third kappa shape index (κ3) is 1.70. The highest BCUT2D eigenvalue weighted by Crippen LogP contribution is 2.48. The van der Waals surface area contributed by atoms with Gasteiger partial charge in [-0.05, 0) is 30.5 Å². The van der Waals surface area contributed by atoms with Crippen LogP contribution in [0.1, 0.15) is 18.4 Å². The third-order valence-corrected chi connectivity index (χ3v) is 2.89. The second-order valence-electron chi connectivity index (χ2n) is 3.60. The van der Waals surface area contributed by atoms with Gasteiger partial charge in [-0.15, -0.1) is 0 Å². The van der Waals surface area contributed by atoms with Gasteiger partial charge in [0.2, 0.25) is 0 Å². The molecule has 0 heterocycles. The molecule has 1 saturated carbocycles. The molecule has 2 N–H and O–H groups in total. The van der Waals surface area contributed by atoms with Crippen LogP contribution in [0.4, 0.5) is 0 Å². The summed E-state index contributed by atoms with van der Waals surface area (Å²) < 4.78 is 0. The molecular formula is C10H12ClNO. The molecule has 13 heavy (non-hydrogen) atoms. The van der Waals surface area contributed by atoms with Crippen molar-refractivity contribution in [2.24, 2.45) is 5.90 Å². The van der Waals surface area contributed by atoms with Gasteiger partial charge in [0.05, 0.1) is 6.61 Å². The molecule has 0 unspecified atom stereocenters. The Bertz CT molecular complexity index is 310. The Morgan fingerprint density at radius 2 is 2.23 bits per heavy atom. The zero-order valence-corrected chi connectivity index (χ0v) is 8.05. The number of hydrogen-bond acceptors (Lipinski definition) is 2. The smallest absolute Gasteiger partial charge is 0.0775 e. The summed E-state index contributed by atoms with van der Waals surface area (Å²) >= 11 is 5.91. The first-order chi connectivity index (χ1) is 6.27. The number of nitrogens with two attached hydrogens (primary N) is 1. The minimum Gasteiger partial charge on any atom is -0.304 e. The normalized spacial score (nSPS) is 18.6. The highest BCUT2D eigenvalue weighted by atomic mass is 35.5. The van der Waals surface area contributed by atoms with Gasteiger partial charge < -0.3 is 4.84 Å². The van der Waals surface area contributed by atoms with Crippen LogP contribution < -0.4 is 5.90 Å². The van der Waals surface area contributed by atoms with E-state index in [1.807, 2.05) is 18.2 Å². The Labute approximate surface area is 82.6 Å². The van der Waals surface area contributed by atoms with Gasteiger partial charge in [0.25, 0.3) is 0 Å². The molecule has 0 aromatic heterocycles. The van der Waals surface area contributed by atoms with Crippen molar-refractivity contribution < 1.29 is 4.84 Å². The van der Waals surface area contributed by atoms with Crippen molar-refractivity contribution in [3.05, 3.63) is 34.9 Å². The second-order valence-corrected chi connectivity index (χ2v) is 4.04. The van der Waals surface area contributed by atoms with Crippen molar-refractivity contribution in [3.8, 4) is 0 Å². The zero-order chi connectivity index (χ0) is 9.31. The van der Waals surface area contributed by atoms with Crippen LogP contribution >= 0.6 is 11.6 Å². The fourth-order valence-electron chi connectivity index (χ4n) is 1.65. The fraction of sp³-hybridized carbons (Fsp3) is 0.400. The van der Waals surface area contributed by atoms with Crippen LogP contribution in [0.15, 0.2) is 24.3 Å². The lowest BCUT2D eigenvalue weighted by molar-refractivity contribution is 0.116. The standard InChI is InChI=1S/C10H12ClNO/c11-9-3-1-2-8(6-9)10(4-5-10)7-13-12/h1-3,6H,4-5,7,12H2. The van der Waals surface area contributed by atoms with Crippen molar-refractivity contribution in [1.29, 1.82) is 0 Å². The maximum absolute atomic E-state index is 5.91. The number of hydrogen-bond donors (Lipinski definition) is 1. The Morgan fingerprint density at radius 1 is 1.46 bits per heavy atom. The van der Waals surface area contributed by atoms with Crippen LogP contribution in [0.5, 0.6) is 0 Å². The Morgan fingerprint density at radius 3 is 2.77 bits per heavy atom. The average molecular weight is 198 g/mol. The zero-order valence-electron chi connectivity index (χ0n) is 7.29. The highest BCUT2D eigenvalue weighted by molar-refractivity contribution is 6.30. The van der Waals surface area contributed by atoms with E-state index in [9.17, 15) is 0 Å². The van der Waals surface area contributed by atoms with E-state index >= 15 is 0 Å². The molecule has 0 atom stereocenters. The second kappa shape index (κ2) is 3.29. The lowest BCUT2D eigenvalue weighted by atomic mass is 9.97. The summed E-state index contributed by atoms with van der Waals surface area (Å²) in [4.78, 5) is 4.72. The van der Waals surface area contributed by atoms with E-state index in [-0.39, 0.29) is 5.41 Å². The molecule has 0 aliphatic heterocycles. The Kier molecular flexibility index (Phi) is 2.28. The van der Waals surface area contributed by atoms with E-state index in [1.165, 1.54) is 5.56 Å². The number of benzene rings is 1. The van der Waals surface area contributed by atoms with Crippen LogP contribution in [0, 0.1) is 0 Å². The van der Waals surface area contributed by atoms with Gasteiger partial charge in [-0.2, -0.15) is 0 Å². The molecule has 2 rings (SSSR count). The molecule has 0 saturated heterocycles. The largest absolute Gasteiger partial charge is 0.304 e. The summed E-state index contributed by atoms with van der Waals surface area (Å²) in [5, 5.41) is 0.779. The van der Waals surface area contributed by atoms with Crippen LogP contribution in [-0.2, 0) is 10.3 Å². The van der Waals surface area contributed by atoms with Gasteiger partial charge in [-0.1, -0.05) is 23.7 Å². The minimum atomic E-state index is 0.152. The monoisotopic (exact) mass is 197 g/mol. The number of rotatable bonds is 3. The first-order valence-corrected chi connectivity index (χ1v) is 4.72. The molecule has 0 radical (unpaired) electrons. The summed E-state index contributed by atoms with van der Waals surface area (Å²) in [6.45, 7) is 0.591. The summed E-state index contributed by atoms with van der Waals surface area (Å²) in [7, 11) is 0. The summed E-state index contributed by atoms with van der Waals surface area (Å²) in [5.41, 5.74) is 1.39. The van der Waals surface area contributed by atoms with Gasteiger partial charge >= 0.3 is 0 Å². The molecule has 1 aromatic rings. The van der Waals surface area contributed by atoms with E-state index in [0.717, 1.165) is 17.9 Å². The van der Waals surface area contributed by atoms with Crippen LogP contribution in [0.3, 0.4) is 0 Å². The van der Waals surface area contributed by atoms with Crippen molar-refractivity contribution in [3.63, 3.8) is 0 Å². The summed E-state index contributed by atoms with van der Waals surface area (Å²) in [5.74, 6) is 5.10. The van der Waals surface area contributed by atoms with Crippen molar-refractivity contribution in [1.82, 2.24) is 0 Å². The molecule has 1 aliphatic rings. The first-order valence-electron chi connectivity index (χ1n) is 4.35. The van der Waals surface area contributed by atoms with Gasteiger partial charge in [-0.3, -0.25) is 0 Å². The fourth-order valence-corrected chi connectivity index (χ4v) is 1.84. The van der Waals surface area contributed by atoms with Crippen LogP contribution in [0.2, 0.25) is 5.02 Å². The highest BCUT2D eigenvalue weighted by Gasteiger charge is 2.44. The topological polar surface area (TPSA) is 35.2 Å². The maximum Gasteiger partial charge on any atom is 0.0775 e. The summed E-state index contributed by atoms with van der Waals surface area (Å²) in [6.07, 6.45) is 2.29. The average Bonchev–Trinajstić information content (AvgIpc) is 2.86. The molecule has 0 spiro atoms. The van der Waals surface area contributed by atoms with Gasteiger partial charge in [0, 0.05) is 10.4 Å². The molecule has 1 aliphatic carbocycles. The quantitative estimate of drug-likeness (QED) is 0.755. The third-order valence-electron chi connectivity index (χ3n) is 2.65. The molecule has 0 amide bonds. The molecule has 2 nitrogen and oxygen atoms in total. The molecule has 0 bridgehead atoms. The van der Waals surface area contributed by atoms with Crippen molar-refractivity contribution in [2.75, 3.05) is 6.61 Å². The Balaban J connectivity index is 2.25. The maximum atomic E-state index is 5.91. The van der Waals surface area contributed by atoms with E-state index in [1.54, 1.807) is 0 Å². The lowest BCUT2D eigenvalue weighted by Gasteiger charge is -2.13. The van der Waals surface area contributed by atoms with E-state index in [0.29, 0.717) is 6.61 Å². The van der Waals surface area contributed by atoms with Crippen molar-refractivity contribution >= 4 is 11.6 Å². The molecule has 1 fully saturated rings. The van der Waals surface area contributed by atoms with Crippen LogP contribution in [-0.4, -0.2) is 6.61 Å². The van der Waals surface area contributed by atoms with Crippen LogP contribution in [0.25, 0.3) is 0 Å². The van der Waals surface area contributed by atoms with E-state index in [2.05, 4.69) is 6.07 Å². The van der Waals surface area contributed by atoms with Gasteiger partial charge in [0.1, 0.15) is 0 Å². The van der Waals surface area contributed by atoms with Gasteiger partial charge in [0.15, 0.2) is 0 Å². The predicted molar refractivity (Wildman–Crippen MR) is 52.5 cm³/mol. The van der Waals surface area contributed by atoms with Gasteiger partial charge in [-0.25, -0.2) is 5.90 Å². The first kappa shape index (κ1) is 9.00. The van der Waals surface area contributed by atoms with E-state index < -0.39 is 0 Å². The summed E-state index contributed by atoms with van der Waals surface area (Å²) in [6, 6.07) is 7.92. The minimum absolute atomic E-state index is 0.152. The molecule has 1 aromatic carbocycles. The van der Waals surface area contributed by atoms with E-state index in [4.69, 9.17) is 22.3 Å². The molecule has 3 heteroatoms. The lowest BCUT2D eigenvalue weighted by Crippen LogP contribution is -2.17. The molecule has 70 valence electrons. The Hall–Kier alpha value is -0.570. The van der Waals surface area contributed by atoms with Crippen molar-refractivity contribution in [2.45, 2.75) is 18.3 Å².